The van der Waals surface area contributed by atoms with Crippen molar-refractivity contribution in [2.75, 3.05) is 13.1 Å². The molecule has 1 aromatic carbocycles. The summed E-state index contributed by atoms with van der Waals surface area (Å²) >= 11 is 0. The minimum absolute atomic E-state index is 0.133. The Labute approximate surface area is 152 Å². The first kappa shape index (κ1) is 16.8. The van der Waals surface area contributed by atoms with E-state index in [-0.39, 0.29) is 11.7 Å². The molecule has 1 amide bonds. The second-order valence-corrected chi connectivity index (χ2v) is 7.28. The highest BCUT2D eigenvalue weighted by Crippen LogP contribution is 2.39. The van der Waals surface area contributed by atoms with Crippen molar-refractivity contribution < 1.29 is 14.3 Å². The first-order valence-corrected chi connectivity index (χ1v) is 9.13. The number of hydrogen-bond donors (Lipinski definition) is 0. The van der Waals surface area contributed by atoms with Gasteiger partial charge in [-0.05, 0) is 25.1 Å². The van der Waals surface area contributed by atoms with E-state index < -0.39 is 5.60 Å². The van der Waals surface area contributed by atoms with Gasteiger partial charge in [0.2, 0.25) is 5.91 Å². The fourth-order valence-corrected chi connectivity index (χ4v) is 3.85. The summed E-state index contributed by atoms with van der Waals surface area (Å²) in [5.74, 6) is 0.965. The van der Waals surface area contributed by atoms with E-state index in [0.29, 0.717) is 56.6 Å². The summed E-state index contributed by atoms with van der Waals surface area (Å²) in [6, 6.07) is 7.62. The second-order valence-electron chi connectivity index (χ2n) is 7.28. The van der Waals surface area contributed by atoms with E-state index in [4.69, 9.17) is 4.74 Å². The van der Waals surface area contributed by atoms with E-state index in [0.717, 1.165) is 5.56 Å². The number of aryl methyl sites for hydroxylation is 2. The minimum atomic E-state index is -0.460. The number of rotatable bonds is 3. The third-order valence-corrected chi connectivity index (χ3v) is 5.39. The zero-order valence-electron chi connectivity index (χ0n) is 15.0. The van der Waals surface area contributed by atoms with Crippen LogP contribution in [0, 0.1) is 6.92 Å². The van der Waals surface area contributed by atoms with Gasteiger partial charge in [0.05, 0.1) is 12.0 Å². The summed E-state index contributed by atoms with van der Waals surface area (Å²) in [4.78, 5) is 26.9. The van der Waals surface area contributed by atoms with Crippen LogP contribution < -0.4 is 4.74 Å². The van der Waals surface area contributed by atoms with Crippen molar-refractivity contribution >= 4 is 11.7 Å². The first-order valence-electron chi connectivity index (χ1n) is 9.13. The van der Waals surface area contributed by atoms with Gasteiger partial charge >= 0.3 is 0 Å². The highest BCUT2D eigenvalue weighted by atomic mass is 16.5. The maximum atomic E-state index is 12.6. The van der Waals surface area contributed by atoms with Crippen LogP contribution in [-0.4, -0.2) is 45.1 Å². The summed E-state index contributed by atoms with van der Waals surface area (Å²) in [7, 11) is 0. The fourth-order valence-electron chi connectivity index (χ4n) is 3.85. The molecule has 2 aromatic rings. The van der Waals surface area contributed by atoms with Gasteiger partial charge in [-0.2, -0.15) is 5.10 Å². The molecular weight excluding hydrogens is 330 g/mol. The molecular formula is C20H23N3O3. The zero-order chi connectivity index (χ0) is 18.1. The number of hydrogen-bond acceptors (Lipinski definition) is 4. The van der Waals surface area contributed by atoms with Crippen molar-refractivity contribution in [3.05, 3.63) is 47.8 Å². The summed E-state index contributed by atoms with van der Waals surface area (Å²) in [6.07, 6.45) is 5.81. The Bertz CT molecular complexity index is 821. The standard InChI is InChI=1S/C20H23N3O3/c1-15-3-4-18-16(13-15)17(24)14-20(26-18)6-11-22(12-7-20)19(25)5-10-23-9-2-8-21-23/h2-4,8-9,13H,5-7,10-12,14H2,1H3. The van der Waals surface area contributed by atoms with Crippen LogP contribution in [0.5, 0.6) is 5.75 Å². The summed E-state index contributed by atoms with van der Waals surface area (Å²) in [5, 5.41) is 4.13. The third-order valence-electron chi connectivity index (χ3n) is 5.39. The quantitative estimate of drug-likeness (QED) is 0.851. The molecule has 4 rings (SSSR count). The molecule has 1 spiro atoms. The molecule has 0 atom stereocenters. The SMILES string of the molecule is Cc1ccc2c(c1)C(=O)CC1(CCN(C(=O)CCn3cccn3)CC1)O2. The molecule has 0 N–H and O–H groups in total. The number of Topliss-reactive ketones (excluding diaryl/α,β-unsaturated/α-hetero) is 1. The van der Waals surface area contributed by atoms with E-state index in [1.807, 2.05) is 42.3 Å². The van der Waals surface area contributed by atoms with Crippen LogP contribution in [0.25, 0.3) is 0 Å². The molecule has 0 saturated carbocycles. The molecule has 3 heterocycles. The molecule has 2 aliphatic heterocycles. The Balaban J connectivity index is 1.38. The van der Waals surface area contributed by atoms with E-state index in [9.17, 15) is 9.59 Å². The first-order chi connectivity index (χ1) is 12.5. The van der Waals surface area contributed by atoms with Gasteiger partial charge < -0.3 is 9.64 Å². The number of nitrogens with zero attached hydrogens (tertiary/aromatic N) is 3. The molecule has 6 nitrogen and oxygen atoms in total. The lowest BCUT2D eigenvalue weighted by molar-refractivity contribution is -0.135. The molecule has 0 unspecified atom stereocenters. The molecule has 0 aliphatic carbocycles. The predicted octanol–water partition coefficient (Wildman–Crippen LogP) is 2.61. The Hall–Kier alpha value is -2.63. The van der Waals surface area contributed by atoms with Crippen molar-refractivity contribution in [1.29, 1.82) is 0 Å². The van der Waals surface area contributed by atoms with Crippen LogP contribution in [-0.2, 0) is 11.3 Å². The minimum Gasteiger partial charge on any atom is -0.486 e. The Morgan fingerprint density at radius 1 is 1.31 bits per heavy atom. The van der Waals surface area contributed by atoms with Gasteiger partial charge in [0.15, 0.2) is 5.78 Å². The van der Waals surface area contributed by atoms with Gasteiger partial charge in [0.1, 0.15) is 11.4 Å². The molecule has 1 fully saturated rings. The number of ketones is 1. The number of carbonyl (C=O) groups excluding carboxylic acids is 2. The van der Waals surface area contributed by atoms with Crippen LogP contribution in [0.15, 0.2) is 36.7 Å². The number of piperidine rings is 1. The third kappa shape index (κ3) is 3.23. The number of amides is 1. The molecule has 0 radical (unpaired) electrons. The van der Waals surface area contributed by atoms with Crippen molar-refractivity contribution in [2.45, 2.75) is 44.8 Å². The smallest absolute Gasteiger partial charge is 0.224 e. The topological polar surface area (TPSA) is 64.4 Å². The summed E-state index contributed by atoms with van der Waals surface area (Å²) < 4.78 is 8.03. The maximum absolute atomic E-state index is 12.6. The number of likely N-dealkylation sites (tertiary alicyclic amines) is 1. The molecule has 26 heavy (non-hydrogen) atoms. The largest absolute Gasteiger partial charge is 0.486 e. The molecule has 6 heteroatoms. The second kappa shape index (κ2) is 6.59. The van der Waals surface area contributed by atoms with Gasteiger partial charge in [-0.3, -0.25) is 14.3 Å². The maximum Gasteiger partial charge on any atom is 0.224 e. The van der Waals surface area contributed by atoms with E-state index in [2.05, 4.69) is 5.10 Å². The Morgan fingerprint density at radius 3 is 2.85 bits per heavy atom. The monoisotopic (exact) mass is 353 g/mol. The van der Waals surface area contributed by atoms with E-state index in [1.165, 1.54) is 0 Å². The van der Waals surface area contributed by atoms with Gasteiger partial charge in [-0.25, -0.2) is 0 Å². The number of fused-ring (bicyclic) bond motifs is 1. The predicted molar refractivity (Wildman–Crippen MR) is 96.1 cm³/mol. The van der Waals surface area contributed by atoms with Gasteiger partial charge in [-0.15, -0.1) is 0 Å². The molecule has 1 aromatic heterocycles. The number of carbonyl (C=O) groups is 2. The Kier molecular flexibility index (Phi) is 4.26. The molecule has 0 bridgehead atoms. The van der Waals surface area contributed by atoms with E-state index >= 15 is 0 Å². The van der Waals surface area contributed by atoms with Crippen LogP contribution in [0.1, 0.15) is 41.6 Å². The Morgan fingerprint density at radius 2 is 2.12 bits per heavy atom. The van der Waals surface area contributed by atoms with Crippen molar-refractivity contribution in [1.82, 2.24) is 14.7 Å². The van der Waals surface area contributed by atoms with Gasteiger partial charge in [0, 0.05) is 51.3 Å². The molecule has 136 valence electrons. The number of aromatic nitrogens is 2. The fraction of sp³-hybridized carbons (Fsp3) is 0.450. The van der Waals surface area contributed by atoms with Crippen LogP contribution in [0.3, 0.4) is 0 Å². The summed E-state index contributed by atoms with van der Waals surface area (Å²) in [5.41, 5.74) is 1.29. The molecule has 2 aliphatic rings. The zero-order valence-corrected chi connectivity index (χ0v) is 15.0. The van der Waals surface area contributed by atoms with Crippen LogP contribution >= 0.6 is 0 Å². The normalized spacial score (nSPS) is 18.5. The van der Waals surface area contributed by atoms with Gasteiger partial charge in [-0.1, -0.05) is 11.6 Å². The molecule has 1 saturated heterocycles. The van der Waals surface area contributed by atoms with Crippen LogP contribution in [0.4, 0.5) is 0 Å². The van der Waals surface area contributed by atoms with Crippen molar-refractivity contribution in [3.8, 4) is 5.75 Å². The van der Waals surface area contributed by atoms with Gasteiger partial charge in [0.25, 0.3) is 0 Å². The average Bonchev–Trinajstić information content (AvgIpc) is 3.15. The van der Waals surface area contributed by atoms with Crippen molar-refractivity contribution in [2.24, 2.45) is 0 Å². The lowest BCUT2D eigenvalue weighted by atomic mass is 9.82. The summed E-state index contributed by atoms with van der Waals surface area (Å²) in [6.45, 7) is 3.83. The number of benzene rings is 1. The number of ether oxygens (including phenoxy) is 1. The highest BCUT2D eigenvalue weighted by Gasteiger charge is 2.43. The lowest BCUT2D eigenvalue weighted by Crippen LogP contribution is -2.52. The van der Waals surface area contributed by atoms with Crippen molar-refractivity contribution in [3.63, 3.8) is 0 Å². The van der Waals surface area contributed by atoms with Crippen LogP contribution in [0.2, 0.25) is 0 Å². The average molecular weight is 353 g/mol. The van der Waals surface area contributed by atoms with E-state index in [1.54, 1.807) is 10.9 Å². The highest BCUT2D eigenvalue weighted by molar-refractivity contribution is 6.00. The lowest BCUT2D eigenvalue weighted by Gasteiger charge is -2.44.